The molecule has 0 bridgehead atoms. The van der Waals surface area contributed by atoms with Gasteiger partial charge in [0, 0.05) is 35.8 Å². The monoisotopic (exact) mass is 691 g/mol. The van der Waals surface area contributed by atoms with Gasteiger partial charge in [-0.15, -0.1) is 0 Å². The van der Waals surface area contributed by atoms with Crippen LogP contribution >= 0.6 is 0 Å². The van der Waals surface area contributed by atoms with Crippen LogP contribution in [-0.4, -0.2) is 64.1 Å². The maximum atomic E-state index is 13.5. The van der Waals surface area contributed by atoms with E-state index in [9.17, 15) is 23.9 Å². The van der Waals surface area contributed by atoms with Crippen LogP contribution in [0.2, 0.25) is 0 Å². The van der Waals surface area contributed by atoms with E-state index in [0.717, 1.165) is 33.4 Å². The van der Waals surface area contributed by atoms with Crippen LogP contribution in [0.5, 0.6) is 5.75 Å². The molecule has 1 fully saturated rings. The zero-order chi connectivity index (χ0) is 36.0. The third-order valence-electron chi connectivity index (χ3n) is 9.40. The van der Waals surface area contributed by atoms with Crippen molar-refractivity contribution in [2.45, 2.75) is 52.4 Å². The van der Waals surface area contributed by atoms with Crippen molar-refractivity contribution in [1.29, 1.82) is 5.26 Å². The predicted octanol–water partition coefficient (Wildman–Crippen LogP) is 8.17. The summed E-state index contributed by atoms with van der Waals surface area (Å²) in [7, 11) is 3.93. The minimum Gasteiger partial charge on any atom is -0.480 e. The third-order valence-corrected chi connectivity index (χ3v) is 9.40. The second kappa shape index (κ2) is 13.6. The summed E-state index contributed by atoms with van der Waals surface area (Å²) in [6, 6.07) is 20.0. The highest BCUT2D eigenvalue weighted by atomic mass is 19.3. The third kappa shape index (κ3) is 6.54. The van der Waals surface area contributed by atoms with Gasteiger partial charge in [-0.2, -0.15) is 14.0 Å². The molecule has 4 aromatic carbocycles. The summed E-state index contributed by atoms with van der Waals surface area (Å²) in [4.78, 5) is 25.1. The Morgan fingerprint density at radius 3 is 2.27 bits per heavy atom. The Balaban J connectivity index is 1.25. The van der Waals surface area contributed by atoms with Crippen molar-refractivity contribution in [1.82, 2.24) is 19.8 Å². The number of halogens is 2. The van der Waals surface area contributed by atoms with Gasteiger partial charge in [-0.1, -0.05) is 24.3 Å². The highest BCUT2D eigenvalue weighted by molar-refractivity contribution is 5.86. The second-order valence-electron chi connectivity index (χ2n) is 13.1. The minimum absolute atomic E-state index is 0.0795. The number of hydrogen-bond acceptors (Lipinski definition) is 9. The quantitative estimate of drug-likeness (QED) is 0.150. The van der Waals surface area contributed by atoms with E-state index >= 15 is 0 Å². The van der Waals surface area contributed by atoms with Gasteiger partial charge in [-0.3, -0.25) is 9.69 Å². The molecule has 1 aliphatic heterocycles. The molecule has 51 heavy (non-hydrogen) atoms. The van der Waals surface area contributed by atoms with Gasteiger partial charge in [0.1, 0.15) is 28.9 Å². The van der Waals surface area contributed by atoms with Crippen molar-refractivity contribution in [2.24, 2.45) is 0 Å². The first-order valence-electron chi connectivity index (χ1n) is 16.5. The molecule has 3 heterocycles. The zero-order valence-corrected chi connectivity index (χ0v) is 28.5. The van der Waals surface area contributed by atoms with Gasteiger partial charge in [0.05, 0.1) is 5.56 Å². The SMILES string of the molecule is Cc1c(-c2nc3cc(CN4CCC[C@H]4C(=O)O)c(OC(F)F)cc3o2)cccc1-c1cccc(-c2nc3cc(CN(C)C)cc(C#N)c3o2)c1C. The topological polar surface area (TPSA) is 129 Å². The number of hydrogen-bond donors (Lipinski definition) is 1. The second-order valence-corrected chi connectivity index (χ2v) is 13.1. The number of carboxylic acids is 1. The number of alkyl halides is 2. The van der Waals surface area contributed by atoms with E-state index in [4.69, 9.17) is 23.5 Å². The first-order chi connectivity index (χ1) is 24.5. The van der Waals surface area contributed by atoms with Gasteiger partial charge < -0.3 is 23.6 Å². The van der Waals surface area contributed by atoms with Crippen molar-refractivity contribution < 1.29 is 32.3 Å². The molecule has 0 spiro atoms. The molecule has 0 radical (unpaired) electrons. The summed E-state index contributed by atoms with van der Waals surface area (Å²) in [5.41, 5.74) is 8.75. The number of ether oxygens (including phenoxy) is 1. The predicted molar refractivity (Wildman–Crippen MR) is 187 cm³/mol. The van der Waals surface area contributed by atoms with Crippen LogP contribution in [0.4, 0.5) is 8.78 Å². The fourth-order valence-corrected chi connectivity index (χ4v) is 7.02. The first kappa shape index (κ1) is 33.8. The number of carbonyl (C=O) groups is 1. The average molecular weight is 692 g/mol. The van der Waals surface area contributed by atoms with E-state index < -0.39 is 18.6 Å². The van der Waals surface area contributed by atoms with Crippen LogP contribution in [0, 0.1) is 25.2 Å². The lowest BCUT2D eigenvalue weighted by Gasteiger charge is -2.22. The smallest absolute Gasteiger partial charge is 0.387 e. The molecule has 7 rings (SSSR count). The van der Waals surface area contributed by atoms with E-state index in [1.165, 1.54) is 6.07 Å². The van der Waals surface area contributed by atoms with Crippen LogP contribution in [-0.2, 0) is 17.9 Å². The van der Waals surface area contributed by atoms with Gasteiger partial charge in [0.2, 0.25) is 11.8 Å². The molecule has 1 saturated heterocycles. The van der Waals surface area contributed by atoms with Crippen molar-refractivity contribution in [3.8, 4) is 45.9 Å². The summed E-state index contributed by atoms with van der Waals surface area (Å²) in [6.07, 6.45) is 1.19. The number of likely N-dealkylation sites (tertiary alicyclic amines) is 1. The van der Waals surface area contributed by atoms with Crippen molar-refractivity contribution in [2.75, 3.05) is 20.6 Å². The highest BCUT2D eigenvalue weighted by Crippen LogP contribution is 2.39. The maximum absolute atomic E-state index is 13.5. The highest BCUT2D eigenvalue weighted by Gasteiger charge is 2.31. The molecule has 260 valence electrons. The fourth-order valence-electron chi connectivity index (χ4n) is 7.02. The molecular formula is C39H35F2N5O5. The van der Waals surface area contributed by atoms with Crippen molar-refractivity contribution in [3.05, 3.63) is 88.5 Å². The molecule has 12 heteroatoms. The van der Waals surface area contributed by atoms with E-state index in [1.54, 1.807) is 11.0 Å². The average Bonchev–Trinajstić information content (AvgIpc) is 3.83. The molecular weight excluding hydrogens is 656 g/mol. The molecule has 1 aliphatic rings. The van der Waals surface area contributed by atoms with Gasteiger partial charge in [0.15, 0.2) is 11.2 Å². The summed E-state index contributed by atoms with van der Waals surface area (Å²) in [5.74, 6) is -0.304. The van der Waals surface area contributed by atoms with E-state index in [0.29, 0.717) is 71.0 Å². The Labute approximate surface area is 292 Å². The number of nitrogens with zero attached hydrogens (tertiary/aromatic N) is 5. The van der Waals surface area contributed by atoms with Gasteiger partial charge in [-0.25, -0.2) is 9.97 Å². The lowest BCUT2D eigenvalue weighted by Crippen LogP contribution is -2.35. The molecule has 1 atom stereocenters. The van der Waals surface area contributed by atoms with Gasteiger partial charge in [0.25, 0.3) is 0 Å². The zero-order valence-electron chi connectivity index (χ0n) is 28.5. The van der Waals surface area contributed by atoms with E-state index in [2.05, 4.69) is 6.07 Å². The van der Waals surface area contributed by atoms with Crippen molar-refractivity contribution in [3.63, 3.8) is 0 Å². The molecule has 10 nitrogen and oxygen atoms in total. The number of nitriles is 1. The number of oxazole rings is 2. The van der Waals surface area contributed by atoms with Crippen molar-refractivity contribution >= 4 is 28.2 Å². The van der Waals surface area contributed by atoms with Crippen LogP contribution in [0.25, 0.3) is 56.2 Å². The number of aromatic nitrogens is 2. The molecule has 1 N–H and O–H groups in total. The Hall–Kier alpha value is -5.64. The first-order valence-corrected chi connectivity index (χ1v) is 16.5. The van der Waals surface area contributed by atoms with Crippen LogP contribution in [0.15, 0.2) is 69.5 Å². The summed E-state index contributed by atoms with van der Waals surface area (Å²) < 4.78 is 44.1. The number of rotatable bonds is 10. The van der Waals surface area contributed by atoms with Crippen LogP contribution in [0.1, 0.15) is 40.7 Å². The standard InChI is InChI=1S/C39H35F2N5O5/c1-21-26(27-9-6-11-29(22(27)2)37-44-31-15-23(19-45(3)4)14-24(18-42)35(31)51-37)8-5-10-28(21)36-43-30-16-25(20-46-13-7-12-32(46)38(47)48)33(50-39(40)41)17-34(30)49-36/h5-6,8-11,14-17,32,39H,7,12-13,19-20H2,1-4H3,(H,47,48)/t32-/m0/s1. The minimum atomic E-state index is -3.07. The maximum Gasteiger partial charge on any atom is 0.387 e. The van der Waals surface area contributed by atoms with Gasteiger partial charge in [-0.05, 0) is 105 Å². The molecule has 0 aliphatic carbocycles. The molecule has 0 saturated carbocycles. The number of aliphatic carboxylic acids is 1. The molecule has 0 amide bonds. The van der Waals surface area contributed by atoms with Crippen LogP contribution in [0.3, 0.4) is 0 Å². The summed E-state index contributed by atoms with van der Waals surface area (Å²) in [5, 5.41) is 19.5. The van der Waals surface area contributed by atoms with Gasteiger partial charge >= 0.3 is 12.6 Å². The Morgan fingerprint density at radius 1 is 1.00 bits per heavy atom. The van der Waals surface area contributed by atoms with E-state index in [1.807, 2.05) is 81.4 Å². The number of carboxylic acid groups (broad SMARTS) is 1. The molecule has 6 aromatic rings. The van der Waals surface area contributed by atoms with E-state index in [-0.39, 0.29) is 17.9 Å². The summed E-state index contributed by atoms with van der Waals surface area (Å²) >= 11 is 0. The molecule has 2 aromatic heterocycles. The number of benzene rings is 4. The largest absolute Gasteiger partial charge is 0.480 e. The Bertz CT molecular complexity index is 2340. The molecule has 0 unspecified atom stereocenters. The lowest BCUT2D eigenvalue weighted by molar-refractivity contribution is -0.142. The fraction of sp³-hybridized carbons (Fsp3) is 0.282. The Morgan fingerprint density at radius 2 is 1.65 bits per heavy atom. The van der Waals surface area contributed by atoms with Crippen LogP contribution < -0.4 is 4.74 Å². The normalized spacial score (nSPS) is 15.0. The Kier molecular flexibility index (Phi) is 9.01. The number of fused-ring (bicyclic) bond motifs is 2. The lowest BCUT2D eigenvalue weighted by atomic mass is 9.91. The summed E-state index contributed by atoms with van der Waals surface area (Å²) in [6.45, 7) is 2.21.